The van der Waals surface area contributed by atoms with Crippen LogP contribution in [0.5, 0.6) is 17.2 Å². The van der Waals surface area contributed by atoms with Crippen LogP contribution in [-0.2, 0) is 4.74 Å². The largest absolute Gasteiger partial charge is 0.488 e. The summed E-state index contributed by atoms with van der Waals surface area (Å²) in [7, 11) is 1.64. The molecule has 0 saturated carbocycles. The van der Waals surface area contributed by atoms with Crippen molar-refractivity contribution < 1.29 is 19.0 Å². The van der Waals surface area contributed by atoms with Gasteiger partial charge in [-0.15, -0.1) is 6.58 Å². The number of carbonyl (C=O) groups excluding carboxylic acids is 1. The lowest BCUT2D eigenvalue weighted by atomic mass is 10.1. The number of nitrogens with one attached hydrogen (secondary N) is 1. The molecule has 0 bridgehead atoms. The van der Waals surface area contributed by atoms with Crippen molar-refractivity contribution in [3.8, 4) is 28.6 Å². The van der Waals surface area contributed by atoms with Gasteiger partial charge in [-0.1, -0.05) is 6.08 Å². The summed E-state index contributed by atoms with van der Waals surface area (Å²) in [5, 5.41) is 0. The molecule has 1 amide bonds. The minimum Gasteiger partial charge on any atom is -0.488 e. The van der Waals surface area contributed by atoms with Crippen LogP contribution in [0.1, 0.15) is 17.3 Å². The number of hydrogen-bond donors (Lipinski definition) is 1. The molecule has 4 aromatic rings. The molecule has 1 fully saturated rings. The molecular formula is C30H33N5O4. The van der Waals surface area contributed by atoms with Crippen LogP contribution in [-0.4, -0.2) is 83.2 Å². The minimum absolute atomic E-state index is 0.0307. The first kappa shape index (κ1) is 26.4. The van der Waals surface area contributed by atoms with Crippen LogP contribution in [0.3, 0.4) is 0 Å². The smallest absolute Gasteiger partial charge is 0.253 e. The molecular weight excluding hydrogens is 494 g/mol. The van der Waals surface area contributed by atoms with Crippen LogP contribution in [0.4, 0.5) is 0 Å². The van der Waals surface area contributed by atoms with Gasteiger partial charge in [-0.3, -0.25) is 9.69 Å². The van der Waals surface area contributed by atoms with Crippen LogP contribution in [0, 0.1) is 0 Å². The number of carbonyl (C=O) groups is 1. The van der Waals surface area contributed by atoms with Gasteiger partial charge >= 0.3 is 0 Å². The third-order valence-corrected chi connectivity index (χ3v) is 6.53. The Hall–Kier alpha value is -4.21. The van der Waals surface area contributed by atoms with E-state index in [1.165, 1.54) is 0 Å². The summed E-state index contributed by atoms with van der Waals surface area (Å²) < 4.78 is 17.5. The van der Waals surface area contributed by atoms with Crippen molar-refractivity contribution in [2.24, 2.45) is 0 Å². The average molecular weight is 528 g/mol. The van der Waals surface area contributed by atoms with Crippen LogP contribution >= 0.6 is 0 Å². The van der Waals surface area contributed by atoms with E-state index in [0.29, 0.717) is 54.0 Å². The van der Waals surface area contributed by atoms with E-state index in [1.807, 2.05) is 60.4 Å². The minimum atomic E-state index is -0.153. The Morgan fingerprint density at radius 1 is 1.08 bits per heavy atom. The number of ether oxygens (including phenoxy) is 3. The summed E-state index contributed by atoms with van der Waals surface area (Å²) in [5.74, 6) is 2.51. The predicted octanol–water partition coefficient (Wildman–Crippen LogP) is 4.77. The quantitative estimate of drug-likeness (QED) is 0.297. The highest BCUT2D eigenvalue weighted by atomic mass is 16.5. The summed E-state index contributed by atoms with van der Waals surface area (Å²) in [6.45, 7) is 10.2. The summed E-state index contributed by atoms with van der Waals surface area (Å²) in [4.78, 5) is 29.5. The molecule has 9 heteroatoms. The first-order valence-corrected chi connectivity index (χ1v) is 13.0. The van der Waals surface area contributed by atoms with Crippen LogP contribution < -0.4 is 9.47 Å². The Labute approximate surface area is 228 Å². The lowest BCUT2D eigenvalue weighted by Crippen LogP contribution is -2.48. The Morgan fingerprint density at radius 3 is 2.56 bits per heavy atom. The second-order valence-corrected chi connectivity index (χ2v) is 9.54. The van der Waals surface area contributed by atoms with E-state index in [0.717, 1.165) is 30.7 Å². The number of aromatic amines is 1. The number of rotatable bonds is 10. The summed E-state index contributed by atoms with van der Waals surface area (Å²) in [5.41, 5.74) is 2.92. The van der Waals surface area contributed by atoms with E-state index in [9.17, 15) is 4.79 Å². The second-order valence-electron chi connectivity index (χ2n) is 9.54. The van der Waals surface area contributed by atoms with Crippen molar-refractivity contribution in [1.82, 2.24) is 24.8 Å². The van der Waals surface area contributed by atoms with Gasteiger partial charge < -0.3 is 24.1 Å². The van der Waals surface area contributed by atoms with Crippen molar-refractivity contribution in [3.05, 3.63) is 79.0 Å². The van der Waals surface area contributed by atoms with E-state index >= 15 is 0 Å². The summed E-state index contributed by atoms with van der Waals surface area (Å²) >= 11 is 0. The molecule has 5 rings (SSSR count). The molecule has 202 valence electrons. The molecule has 9 nitrogen and oxygen atoms in total. The second kappa shape index (κ2) is 12.1. The third kappa shape index (κ3) is 6.45. The number of aromatic nitrogens is 3. The molecule has 2 aromatic heterocycles. The lowest BCUT2D eigenvalue weighted by molar-refractivity contribution is 0.0650. The molecule has 0 spiro atoms. The molecule has 3 heterocycles. The van der Waals surface area contributed by atoms with Crippen molar-refractivity contribution in [3.63, 3.8) is 0 Å². The molecule has 1 unspecified atom stereocenters. The number of pyridine rings is 1. The van der Waals surface area contributed by atoms with E-state index < -0.39 is 0 Å². The Morgan fingerprint density at radius 2 is 1.85 bits per heavy atom. The van der Waals surface area contributed by atoms with E-state index in [4.69, 9.17) is 14.2 Å². The van der Waals surface area contributed by atoms with Gasteiger partial charge in [0.2, 0.25) is 0 Å². The van der Waals surface area contributed by atoms with Gasteiger partial charge in [0.1, 0.15) is 34.7 Å². The van der Waals surface area contributed by atoms with E-state index in [-0.39, 0.29) is 12.0 Å². The Balaban J connectivity index is 1.34. The van der Waals surface area contributed by atoms with Gasteiger partial charge in [-0.05, 0) is 55.5 Å². The molecule has 1 N–H and O–H groups in total. The van der Waals surface area contributed by atoms with Crippen molar-refractivity contribution in [2.75, 3.05) is 46.4 Å². The molecule has 1 aliphatic rings. The highest BCUT2D eigenvalue weighted by molar-refractivity contribution is 5.94. The SMILES string of the molecule is C=CCN1CCN(C(=O)c2ccc(Oc3cc(OC(C)COC)cc(-c4nc5cccnc5[nH]4)c3)cc2)CC1. The van der Waals surface area contributed by atoms with Crippen molar-refractivity contribution in [1.29, 1.82) is 0 Å². The number of piperazine rings is 1. The number of hydrogen-bond acceptors (Lipinski definition) is 7. The normalized spacial score (nSPS) is 14.8. The summed E-state index contributed by atoms with van der Waals surface area (Å²) in [6, 6.07) is 16.6. The molecule has 2 aromatic carbocycles. The van der Waals surface area contributed by atoms with Gasteiger partial charge in [0, 0.05) is 63.2 Å². The van der Waals surface area contributed by atoms with Crippen molar-refractivity contribution in [2.45, 2.75) is 13.0 Å². The molecule has 0 radical (unpaired) electrons. The van der Waals surface area contributed by atoms with Crippen LogP contribution in [0.25, 0.3) is 22.6 Å². The van der Waals surface area contributed by atoms with Gasteiger partial charge in [0.05, 0.1) is 6.61 Å². The number of nitrogens with zero attached hydrogens (tertiary/aromatic N) is 4. The highest BCUT2D eigenvalue weighted by Crippen LogP contribution is 2.33. The number of H-pyrrole nitrogens is 1. The fourth-order valence-corrected chi connectivity index (χ4v) is 4.62. The molecule has 1 aliphatic heterocycles. The zero-order chi connectivity index (χ0) is 27.2. The monoisotopic (exact) mass is 527 g/mol. The predicted molar refractivity (Wildman–Crippen MR) is 150 cm³/mol. The van der Waals surface area contributed by atoms with Gasteiger partial charge in [-0.2, -0.15) is 0 Å². The fraction of sp³-hybridized carbons (Fsp3) is 0.300. The zero-order valence-electron chi connectivity index (χ0n) is 22.3. The highest BCUT2D eigenvalue weighted by Gasteiger charge is 2.21. The first-order chi connectivity index (χ1) is 19.0. The number of methoxy groups -OCH3 is 1. The van der Waals surface area contributed by atoms with Gasteiger partial charge in [0.15, 0.2) is 5.65 Å². The topological polar surface area (TPSA) is 92.8 Å². The zero-order valence-corrected chi connectivity index (χ0v) is 22.3. The van der Waals surface area contributed by atoms with Crippen LogP contribution in [0.2, 0.25) is 0 Å². The lowest BCUT2D eigenvalue weighted by Gasteiger charge is -2.34. The molecule has 1 atom stereocenters. The Bertz CT molecular complexity index is 1390. The maximum Gasteiger partial charge on any atom is 0.253 e. The maximum atomic E-state index is 13.0. The number of imidazole rings is 1. The molecule has 39 heavy (non-hydrogen) atoms. The summed E-state index contributed by atoms with van der Waals surface area (Å²) in [6.07, 6.45) is 3.47. The molecule has 1 saturated heterocycles. The maximum absolute atomic E-state index is 13.0. The number of fused-ring (bicyclic) bond motifs is 1. The van der Waals surface area contributed by atoms with E-state index in [1.54, 1.807) is 25.4 Å². The van der Waals surface area contributed by atoms with Gasteiger partial charge in [-0.25, -0.2) is 9.97 Å². The Kier molecular flexibility index (Phi) is 8.19. The first-order valence-electron chi connectivity index (χ1n) is 13.0. The third-order valence-electron chi connectivity index (χ3n) is 6.53. The van der Waals surface area contributed by atoms with Crippen molar-refractivity contribution >= 4 is 17.1 Å². The standard InChI is InChI=1S/C30H33N5O4/c1-4-12-34-13-15-35(16-14-34)30(36)22-7-9-24(10-8-22)39-26-18-23(17-25(19-26)38-21(2)20-37-3)28-32-27-6-5-11-31-29(27)33-28/h4-11,17-19,21H,1,12-16,20H2,2-3H3,(H,31,32,33). The average Bonchev–Trinajstić information content (AvgIpc) is 3.38. The van der Waals surface area contributed by atoms with Crippen LogP contribution in [0.15, 0.2) is 73.4 Å². The molecule has 0 aliphatic carbocycles. The van der Waals surface area contributed by atoms with E-state index in [2.05, 4.69) is 26.4 Å². The van der Waals surface area contributed by atoms with Gasteiger partial charge in [0.25, 0.3) is 5.91 Å². The number of amides is 1. The fourth-order valence-electron chi connectivity index (χ4n) is 4.62. The number of benzene rings is 2.